The van der Waals surface area contributed by atoms with Gasteiger partial charge in [0, 0.05) is 11.7 Å². The standard InChI is InChI=1S/C12H16N4O/c1-12(2,3)14-8-10-15-11(16-17-10)9-6-4-5-7-13-9/h4-7,14H,8H2,1-3H3. The van der Waals surface area contributed by atoms with Gasteiger partial charge in [-0.15, -0.1) is 0 Å². The second kappa shape index (κ2) is 4.63. The molecule has 1 N–H and O–H groups in total. The molecule has 90 valence electrons. The van der Waals surface area contributed by atoms with Crippen molar-refractivity contribution >= 4 is 0 Å². The minimum Gasteiger partial charge on any atom is -0.337 e. The Kier molecular flexibility index (Phi) is 3.19. The SMILES string of the molecule is CC(C)(C)NCc1nc(-c2ccccn2)no1. The van der Waals surface area contributed by atoms with Crippen LogP contribution in [0.1, 0.15) is 26.7 Å². The first-order valence-electron chi connectivity index (χ1n) is 5.54. The van der Waals surface area contributed by atoms with Crippen molar-refractivity contribution in [2.45, 2.75) is 32.9 Å². The maximum absolute atomic E-state index is 5.15. The Balaban J connectivity index is 2.07. The molecule has 0 aliphatic carbocycles. The van der Waals surface area contributed by atoms with Crippen molar-refractivity contribution in [1.82, 2.24) is 20.4 Å². The summed E-state index contributed by atoms with van der Waals surface area (Å²) in [5, 5.41) is 7.18. The number of pyridine rings is 1. The largest absolute Gasteiger partial charge is 0.337 e. The molecule has 2 heterocycles. The Morgan fingerprint density at radius 1 is 1.29 bits per heavy atom. The molecule has 2 rings (SSSR count). The van der Waals surface area contributed by atoms with E-state index in [-0.39, 0.29) is 5.54 Å². The molecule has 2 aromatic heterocycles. The molecular weight excluding hydrogens is 216 g/mol. The lowest BCUT2D eigenvalue weighted by atomic mass is 10.1. The third kappa shape index (κ3) is 3.35. The lowest BCUT2D eigenvalue weighted by Crippen LogP contribution is -2.35. The Labute approximate surface area is 100 Å². The van der Waals surface area contributed by atoms with Gasteiger partial charge < -0.3 is 9.84 Å². The number of hydrogen-bond donors (Lipinski definition) is 1. The molecule has 5 nitrogen and oxygen atoms in total. The number of aromatic nitrogens is 3. The molecule has 0 unspecified atom stereocenters. The molecule has 5 heteroatoms. The fourth-order valence-electron chi connectivity index (χ4n) is 1.27. The van der Waals surface area contributed by atoms with E-state index in [1.165, 1.54) is 0 Å². The van der Waals surface area contributed by atoms with Crippen LogP contribution in [0.3, 0.4) is 0 Å². The molecule has 0 spiro atoms. The summed E-state index contributed by atoms with van der Waals surface area (Å²) in [4.78, 5) is 8.45. The van der Waals surface area contributed by atoms with E-state index in [9.17, 15) is 0 Å². The predicted octanol–water partition coefficient (Wildman–Crippen LogP) is 2.02. The van der Waals surface area contributed by atoms with Gasteiger partial charge in [0.15, 0.2) is 0 Å². The summed E-state index contributed by atoms with van der Waals surface area (Å²) in [7, 11) is 0. The smallest absolute Gasteiger partial charge is 0.240 e. The van der Waals surface area contributed by atoms with Crippen molar-refractivity contribution in [3.05, 3.63) is 30.3 Å². The van der Waals surface area contributed by atoms with E-state index in [1.807, 2.05) is 18.2 Å². The van der Waals surface area contributed by atoms with Crippen LogP contribution in [0.5, 0.6) is 0 Å². The van der Waals surface area contributed by atoms with Gasteiger partial charge in [0.25, 0.3) is 0 Å². The molecule has 2 aromatic rings. The lowest BCUT2D eigenvalue weighted by molar-refractivity contribution is 0.336. The first kappa shape index (κ1) is 11.7. The first-order valence-corrected chi connectivity index (χ1v) is 5.54. The molecule has 0 amide bonds. The van der Waals surface area contributed by atoms with Crippen LogP contribution in [0.15, 0.2) is 28.9 Å². The number of nitrogens with zero attached hydrogens (tertiary/aromatic N) is 3. The third-order valence-electron chi connectivity index (χ3n) is 2.13. The van der Waals surface area contributed by atoms with Gasteiger partial charge in [-0.05, 0) is 32.9 Å². The van der Waals surface area contributed by atoms with E-state index >= 15 is 0 Å². The zero-order chi connectivity index (χ0) is 12.3. The second-order valence-electron chi connectivity index (χ2n) is 4.83. The van der Waals surface area contributed by atoms with E-state index in [0.29, 0.717) is 18.3 Å². The highest BCUT2D eigenvalue weighted by atomic mass is 16.5. The molecule has 0 aromatic carbocycles. The number of rotatable bonds is 3. The van der Waals surface area contributed by atoms with Gasteiger partial charge >= 0.3 is 0 Å². The van der Waals surface area contributed by atoms with Gasteiger partial charge in [0.2, 0.25) is 11.7 Å². The van der Waals surface area contributed by atoms with Crippen LogP contribution in [0.25, 0.3) is 11.5 Å². The minimum absolute atomic E-state index is 0.0274. The summed E-state index contributed by atoms with van der Waals surface area (Å²) >= 11 is 0. The monoisotopic (exact) mass is 232 g/mol. The van der Waals surface area contributed by atoms with Crippen molar-refractivity contribution in [2.24, 2.45) is 0 Å². The Morgan fingerprint density at radius 2 is 2.12 bits per heavy atom. The van der Waals surface area contributed by atoms with Crippen LogP contribution in [0.2, 0.25) is 0 Å². The van der Waals surface area contributed by atoms with E-state index in [2.05, 4.69) is 41.2 Å². The molecule has 0 saturated heterocycles. The van der Waals surface area contributed by atoms with Crippen LogP contribution in [-0.2, 0) is 6.54 Å². The van der Waals surface area contributed by atoms with E-state index < -0.39 is 0 Å². The van der Waals surface area contributed by atoms with Crippen LogP contribution >= 0.6 is 0 Å². The van der Waals surface area contributed by atoms with E-state index in [4.69, 9.17) is 4.52 Å². The zero-order valence-corrected chi connectivity index (χ0v) is 10.3. The average molecular weight is 232 g/mol. The van der Waals surface area contributed by atoms with Crippen molar-refractivity contribution in [3.8, 4) is 11.5 Å². The summed E-state index contributed by atoms with van der Waals surface area (Å²) < 4.78 is 5.15. The highest BCUT2D eigenvalue weighted by molar-refractivity contribution is 5.46. The topological polar surface area (TPSA) is 63.8 Å². The zero-order valence-electron chi connectivity index (χ0n) is 10.3. The highest BCUT2D eigenvalue weighted by Gasteiger charge is 2.13. The lowest BCUT2D eigenvalue weighted by Gasteiger charge is -2.18. The summed E-state index contributed by atoms with van der Waals surface area (Å²) in [5.74, 6) is 1.09. The van der Waals surface area contributed by atoms with Crippen LogP contribution < -0.4 is 5.32 Å². The van der Waals surface area contributed by atoms with Crippen molar-refractivity contribution in [1.29, 1.82) is 0 Å². The maximum atomic E-state index is 5.15. The van der Waals surface area contributed by atoms with Crippen molar-refractivity contribution < 1.29 is 4.52 Å². The Bertz CT molecular complexity index is 473. The third-order valence-corrected chi connectivity index (χ3v) is 2.13. The summed E-state index contributed by atoms with van der Waals surface area (Å²) in [6.45, 7) is 6.82. The maximum Gasteiger partial charge on any atom is 0.240 e. The van der Waals surface area contributed by atoms with Crippen LogP contribution in [0.4, 0.5) is 0 Å². The number of hydrogen-bond acceptors (Lipinski definition) is 5. The fourth-order valence-corrected chi connectivity index (χ4v) is 1.27. The van der Waals surface area contributed by atoms with Crippen molar-refractivity contribution in [3.63, 3.8) is 0 Å². The summed E-state index contributed by atoms with van der Waals surface area (Å²) in [6.07, 6.45) is 1.71. The van der Waals surface area contributed by atoms with Crippen LogP contribution in [-0.4, -0.2) is 20.7 Å². The minimum atomic E-state index is 0.0274. The molecular formula is C12H16N4O. The molecule has 0 radical (unpaired) electrons. The fraction of sp³-hybridized carbons (Fsp3) is 0.417. The molecule has 0 aliphatic rings. The number of nitrogens with one attached hydrogen (secondary N) is 1. The van der Waals surface area contributed by atoms with Crippen LogP contribution in [0, 0.1) is 0 Å². The first-order chi connectivity index (χ1) is 8.04. The molecule has 0 atom stereocenters. The summed E-state index contributed by atoms with van der Waals surface area (Å²) in [5.41, 5.74) is 0.748. The van der Waals surface area contributed by atoms with Gasteiger partial charge in [-0.25, -0.2) is 0 Å². The van der Waals surface area contributed by atoms with Gasteiger partial charge in [0.1, 0.15) is 5.69 Å². The van der Waals surface area contributed by atoms with Gasteiger partial charge in [0.05, 0.1) is 6.54 Å². The second-order valence-corrected chi connectivity index (χ2v) is 4.83. The normalized spacial score (nSPS) is 11.7. The van der Waals surface area contributed by atoms with Crippen molar-refractivity contribution in [2.75, 3.05) is 0 Å². The summed E-state index contributed by atoms with van der Waals surface area (Å²) in [6, 6.07) is 5.60. The predicted molar refractivity (Wildman–Crippen MR) is 64.1 cm³/mol. The molecule has 0 bridgehead atoms. The Hall–Kier alpha value is -1.75. The molecule has 0 aliphatic heterocycles. The quantitative estimate of drug-likeness (QED) is 0.877. The van der Waals surface area contributed by atoms with Gasteiger partial charge in [-0.2, -0.15) is 4.98 Å². The van der Waals surface area contributed by atoms with Gasteiger partial charge in [-0.3, -0.25) is 4.98 Å². The molecule has 0 fully saturated rings. The highest BCUT2D eigenvalue weighted by Crippen LogP contribution is 2.12. The molecule has 17 heavy (non-hydrogen) atoms. The van der Waals surface area contributed by atoms with Gasteiger partial charge in [-0.1, -0.05) is 11.2 Å². The molecule has 0 saturated carbocycles. The average Bonchev–Trinajstić information content (AvgIpc) is 2.75. The van der Waals surface area contributed by atoms with E-state index in [1.54, 1.807) is 6.20 Å². The Morgan fingerprint density at radius 3 is 2.76 bits per heavy atom. The van der Waals surface area contributed by atoms with E-state index in [0.717, 1.165) is 5.69 Å².